The number of methoxy groups -OCH3 is 1. The van der Waals surface area contributed by atoms with Crippen molar-refractivity contribution in [1.82, 2.24) is 4.98 Å². The molecule has 0 bridgehead atoms. The normalized spacial score (nSPS) is 11.3. The Morgan fingerprint density at radius 1 is 1.67 bits per heavy atom. The second-order valence-corrected chi connectivity index (χ2v) is 2.93. The van der Waals surface area contributed by atoms with Crippen molar-refractivity contribution in [2.45, 2.75) is 6.92 Å². The molecule has 0 aliphatic carbocycles. The van der Waals surface area contributed by atoms with Crippen molar-refractivity contribution < 1.29 is 9.53 Å². The van der Waals surface area contributed by atoms with Gasteiger partial charge in [-0.25, -0.2) is 4.98 Å². The minimum absolute atomic E-state index is 0.343. The van der Waals surface area contributed by atoms with Gasteiger partial charge in [0, 0.05) is 6.07 Å². The number of nitrogens with zero attached hydrogens (tertiary/aromatic N) is 2. The van der Waals surface area contributed by atoms with E-state index in [0.717, 1.165) is 0 Å². The number of carbonyl (C=O) groups excluding carboxylic acids is 1. The van der Waals surface area contributed by atoms with E-state index in [2.05, 4.69) is 10.3 Å². The third kappa shape index (κ3) is 2.95. The molecule has 0 fully saturated rings. The van der Waals surface area contributed by atoms with Crippen LogP contribution in [0.25, 0.3) is 0 Å². The Balaban J connectivity index is 2.66. The average molecular weight is 205 g/mol. The molecule has 1 aromatic rings. The molecule has 1 atom stereocenters. The molecule has 5 heteroatoms. The van der Waals surface area contributed by atoms with Crippen LogP contribution in [0, 0.1) is 17.2 Å². The van der Waals surface area contributed by atoms with Gasteiger partial charge in [-0.1, -0.05) is 0 Å². The summed E-state index contributed by atoms with van der Waals surface area (Å²) in [7, 11) is 1.51. The molecule has 5 nitrogen and oxygen atoms in total. The zero-order valence-electron chi connectivity index (χ0n) is 8.52. The Morgan fingerprint density at radius 2 is 2.40 bits per heavy atom. The maximum absolute atomic E-state index is 11.3. The molecule has 1 N–H and O–H groups in total. The second-order valence-electron chi connectivity index (χ2n) is 2.93. The largest absolute Gasteiger partial charge is 0.481 e. The van der Waals surface area contributed by atoms with Gasteiger partial charge in [-0.3, -0.25) is 4.79 Å². The van der Waals surface area contributed by atoms with Crippen LogP contribution in [-0.2, 0) is 4.79 Å². The summed E-state index contributed by atoms with van der Waals surface area (Å²) < 4.78 is 4.87. The lowest BCUT2D eigenvalue weighted by molar-refractivity contribution is -0.117. The maximum atomic E-state index is 11.3. The molecule has 1 heterocycles. The van der Waals surface area contributed by atoms with Crippen molar-refractivity contribution in [1.29, 1.82) is 5.26 Å². The fourth-order valence-corrected chi connectivity index (χ4v) is 0.884. The van der Waals surface area contributed by atoms with Crippen LogP contribution in [0.1, 0.15) is 6.92 Å². The number of pyridine rings is 1. The average Bonchev–Trinajstić information content (AvgIpc) is 2.29. The number of hydrogen-bond donors (Lipinski definition) is 1. The fraction of sp³-hybridized carbons (Fsp3) is 0.300. The van der Waals surface area contributed by atoms with Crippen LogP contribution in [0.3, 0.4) is 0 Å². The van der Waals surface area contributed by atoms with Crippen LogP contribution in [-0.4, -0.2) is 18.0 Å². The van der Waals surface area contributed by atoms with Gasteiger partial charge in [0.15, 0.2) is 0 Å². The quantitative estimate of drug-likeness (QED) is 0.804. The van der Waals surface area contributed by atoms with Crippen molar-refractivity contribution in [3.63, 3.8) is 0 Å². The molecular formula is C10H11N3O2. The summed E-state index contributed by atoms with van der Waals surface area (Å²) in [4.78, 5) is 15.2. The van der Waals surface area contributed by atoms with E-state index in [1.807, 2.05) is 6.07 Å². The molecule has 0 aromatic carbocycles. The second kappa shape index (κ2) is 4.96. The van der Waals surface area contributed by atoms with Gasteiger partial charge in [-0.2, -0.15) is 5.26 Å². The number of hydrogen-bond acceptors (Lipinski definition) is 4. The van der Waals surface area contributed by atoms with E-state index in [9.17, 15) is 4.79 Å². The van der Waals surface area contributed by atoms with Crippen LogP contribution < -0.4 is 10.1 Å². The van der Waals surface area contributed by atoms with E-state index in [0.29, 0.717) is 11.6 Å². The molecule has 0 radical (unpaired) electrons. The lowest BCUT2D eigenvalue weighted by Gasteiger charge is -2.05. The summed E-state index contributed by atoms with van der Waals surface area (Å²) in [6.07, 6.45) is 1.47. The third-order valence-electron chi connectivity index (χ3n) is 1.80. The number of rotatable bonds is 3. The van der Waals surface area contributed by atoms with E-state index in [1.54, 1.807) is 12.1 Å². The summed E-state index contributed by atoms with van der Waals surface area (Å²) in [5.41, 5.74) is 0.544. The Kier molecular flexibility index (Phi) is 3.63. The molecule has 0 saturated carbocycles. The predicted octanol–water partition coefficient (Wildman–Crippen LogP) is 1.19. The first-order valence-electron chi connectivity index (χ1n) is 4.38. The minimum Gasteiger partial charge on any atom is -0.481 e. The molecular weight excluding hydrogens is 194 g/mol. The molecule has 0 aliphatic heterocycles. The van der Waals surface area contributed by atoms with Gasteiger partial charge in [-0.05, 0) is 13.0 Å². The van der Waals surface area contributed by atoms with Crippen molar-refractivity contribution >= 4 is 11.6 Å². The molecule has 0 saturated heterocycles. The SMILES string of the molecule is COc1ccc(NC(=O)C(C)C#N)cn1. The van der Waals surface area contributed by atoms with Gasteiger partial charge in [-0.15, -0.1) is 0 Å². The Morgan fingerprint density at radius 3 is 2.87 bits per heavy atom. The standard InChI is InChI=1S/C10H11N3O2/c1-7(5-11)10(14)13-8-3-4-9(15-2)12-6-8/h3-4,6-7H,1-2H3,(H,13,14). The number of ether oxygens (including phenoxy) is 1. The highest BCUT2D eigenvalue weighted by Gasteiger charge is 2.11. The highest BCUT2D eigenvalue weighted by Crippen LogP contribution is 2.11. The van der Waals surface area contributed by atoms with Gasteiger partial charge < -0.3 is 10.1 Å². The molecule has 0 spiro atoms. The fourth-order valence-electron chi connectivity index (χ4n) is 0.884. The zero-order valence-corrected chi connectivity index (χ0v) is 8.52. The third-order valence-corrected chi connectivity index (χ3v) is 1.80. The first-order chi connectivity index (χ1) is 7.17. The van der Waals surface area contributed by atoms with Gasteiger partial charge in [0.05, 0.1) is 25.1 Å². The summed E-state index contributed by atoms with van der Waals surface area (Å²) in [5.74, 6) is -0.544. The van der Waals surface area contributed by atoms with Gasteiger partial charge in [0.2, 0.25) is 11.8 Å². The Labute approximate surface area is 87.7 Å². The van der Waals surface area contributed by atoms with Gasteiger partial charge in [0.1, 0.15) is 5.92 Å². The molecule has 15 heavy (non-hydrogen) atoms. The Bertz CT molecular complexity index is 381. The lowest BCUT2D eigenvalue weighted by Crippen LogP contribution is -2.18. The van der Waals surface area contributed by atoms with Crippen molar-refractivity contribution in [3.8, 4) is 11.9 Å². The highest BCUT2D eigenvalue weighted by atomic mass is 16.5. The number of anilines is 1. The van der Waals surface area contributed by atoms with Crippen LogP contribution in [0.5, 0.6) is 5.88 Å². The Hall–Kier alpha value is -2.09. The smallest absolute Gasteiger partial charge is 0.241 e. The van der Waals surface area contributed by atoms with Gasteiger partial charge >= 0.3 is 0 Å². The van der Waals surface area contributed by atoms with E-state index < -0.39 is 5.92 Å². The van der Waals surface area contributed by atoms with E-state index >= 15 is 0 Å². The van der Waals surface area contributed by atoms with E-state index in [-0.39, 0.29) is 5.91 Å². The minimum atomic E-state index is -0.674. The monoisotopic (exact) mass is 205 g/mol. The molecule has 0 aliphatic rings. The van der Waals surface area contributed by atoms with Crippen LogP contribution >= 0.6 is 0 Å². The van der Waals surface area contributed by atoms with Crippen molar-refractivity contribution in [2.75, 3.05) is 12.4 Å². The number of amides is 1. The topological polar surface area (TPSA) is 75.0 Å². The van der Waals surface area contributed by atoms with Crippen LogP contribution in [0.4, 0.5) is 5.69 Å². The summed E-state index contributed by atoms with van der Waals surface area (Å²) in [6.45, 7) is 1.53. The zero-order chi connectivity index (χ0) is 11.3. The number of carbonyl (C=O) groups is 1. The number of nitriles is 1. The molecule has 1 rings (SSSR count). The maximum Gasteiger partial charge on any atom is 0.241 e. The summed E-state index contributed by atoms with van der Waals surface area (Å²) in [5, 5.41) is 11.1. The molecule has 1 amide bonds. The lowest BCUT2D eigenvalue weighted by atomic mass is 10.2. The predicted molar refractivity (Wildman–Crippen MR) is 54.2 cm³/mol. The highest BCUT2D eigenvalue weighted by molar-refractivity contribution is 5.93. The number of nitrogens with one attached hydrogen (secondary N) is 1. The van der Waals surface area contributed by atoms with Crippen LogP contribution in [0.2, 0.25) is 0 Å². The van der Waals surface area contributed by atoms with Gasteiger partial charge in [0.25, 0.3) is 0 Å². The van der Waals surface area contributed by atoms with E-state index in [1.165, 1.54) is 20.2 Å². The first-order valence-corrected chi connectivity index (χ1v) is 4.38. The van der Waals surface area contributed by atoms with Crippen molar-refractivity contribution in [3.05, 3.63) is 18.3 Å². The summed E-state index contributed by atoms with van der Waals surface area (Å²) in [6, 6.07) is 5.14. The molecule has 1 unspecified atom stereocenters. The summed E-state index contributed by atoms with van der Waals surface area (Å²) >= 11 is 0. The van der Waals surface area contributed by atoms with E-state index in [4.69, 9.17) is 10.00 Å². The van der Waals surface area contributed by atoms with Crippen LogP contribution in [0.15, 0.2) is 18.3 Å². The molecule has 1 aromatic heterocycles. The van der Waals surface area contributed by atoms with Crippen molar-refractivity contribution in [2.24, 2.45) is 5.92 Å². The first kappa shape index (κ1) is 11.0. The number of aromatic nitrogens is 1. The molecule has 78 valence electrons.